The topological polar surface area (TPSA) is 12.0 Å². The first-order valence-corrected chi connectivity index (χ1v) is 6.38. The van der Waals surface area contributed by atoms with Gasteiger partial charge in [0.25, 0.3) is 0 Å². The van der Waals surface area contributed by atoms with Gasteiger partial charge in [0.2, 0.25) is 0 Å². The summed E-state index contributed by atoms with van der Waals surface area (Å²) < 4.78 is 0. The summed E-state index contributed by atoms with van der Waals surface area (Å²) in [6.45, 7) is 0. The number of thioether (sulfide) groups is 1. The Labute approximate surface area is 94.2 Å². The minimum atomic E-state index is 0.471. The van der Waals surface area contributed by atoms with Gasteiger partial charge in [-0.2, -0.15) is 11.8 Å². The molecule has 2 rings (SSSR count). The molecule has 1 aliphatic heterocycles. The molecule has 1 heterocycles. The van der Waals surface area contributed by atoms with Gasteiger partial charge in [-0.1, -0.05) is 23.7 Å². The van der Waals surface area contributed by atoms with Crippen molar-refractivity contribution in [3.63, 3.8) is 0 Å². The maximum absolute atomic E-state index is 6.20. The summed E-state index contributed by atoms with van der Waals surface area (Å²) in [7, 11) is 2.02. The summed E-state index contributed by atoms with van der Waals surface area (Å²) in [4.78, 5) is 0. The van der Waals surface area contributed by atoms with Crippen LogP contribution in [0.25, 0.3) is 0 Å². The standard InChI is InChI=1S/C11H14ClNS/c1-13-11-5-6-14-7-9-8(11)3-2-4-10(9)12/h2-4,11,13H,5-7H2,1H3. The first-order valence-electron chi connectivity index (χ1n) is 4.85. The van der Waals surface area contributed by atoms with Crippen LogP contribution in [0.3, 0.4) is 0 Å². The number of rotatable bonds is 1. The highest BCUT2D eigenvalue weighted by atomic mass is 35.5. The molecule has 1 nitrogen and oxygen atoms in total. The van der Waals surface area contributed by atoms with Crippen LogP contribution in [0.4, 0.5) is 0 Å². The van der Waals surface area contributed by atoms with Gasteiger partial charge in [0.15, 0.2) is 0 Å². The van der Waals surface area contributed by atoms with Crippen LogP contribution in [-0.4, -0.2) is 12.8 Å². The van der Waals surface area contributed by atoms with Gasteiger partial charge in [0.05, 0.1) is 0 Å². The molecule has 1 atom stereocenters. The lowest BCUT2D eigenvalue weighted by molar-refractivity contribution is 0.581. The maximum atomic E-state index is 6.20. The average Bonchev–Trinajstić information content (AvgIpc) is 2.40. The summed E-state index contributed by atoms with van der Waals surface area (Å²) in [5, 5.41) is 4.27. The van der Waals surface area contributed by atoms with Crippen molar-refractivity contribution in [1.29, 1.82) is 0 Å². The van der Waals surface area contributed by atoms with Gasteiger partial charge in [-0.15, -0.1) is 0 Å². The van der Waals surface area contributed by atoms with Crippen molar-refractivity contribution in [2.45, 2.75) is 18.2 Å². The number of halogens is 1. The van der Waals surface area contributed by atoms with Crippen molar-refractivity contribution in [3.05, 3.63) is 34.3 Å². The zero-order chi connectivity index (χ0) is 9.97. The first kappa shape index (κ1) is 10.3. The van der Waals surface area contributed by atoms with E-state index in [0.29, 0.717) is 6.04 Å². The summed E-state index contributed by atoms with van der Waals surface area (Å²) in [6, 6.07) is 6.69. The van der Waals surface area contributed by atoms with Crippen LogP contribution >= 0.6 is 23.4 Å². The van der Waals surface area contributed by atoms with Crippen LogP contribution in [0.2, 0.25) is 5.02 Å². The quantitative estimate of drug-likeness (QED) is 0.791. The molecule has 0 saturated heterocycles. The second-order valence-corrected chi connectivity index (χ2v) is 5.00. The molecule has 14 heavy (non-hydrogen) atoms. The molecule has 0 bridgehead atoms. The summed E-state index contributed by atoms with van der Waals surface area (Å²) in [5.74, 6) is 2.25. The second-order valence-electron chi connectivity index (χ2n) is 3.49. The zero-order valence-corrected chi connectivity index (χ0v) is 9.79. The number of hydrogen-bond acceptors (Lipinski definition) is 2. The van der Waals surface area contributed by atoms with Gasteiger partial charge in [-0.25, -0.2) is 0 Å². The molecule has 0 amide bonds. The fourth-order valence-electron chi connectivity index (χ4n) is 1.88. The maximum Gasteiger partial charge on any atom is 0.0449 e. The van der Waals surface area contributed by atoms with E-state index in [0.717, 1.165) is 10.8 Å². The van der Waals surface area contributed by atoms with Crippen LogP contribution in [0.1, 0.15) is 23.6 Å². The van der Waals surface area contributed by atoms with Crippen molar-refractivity contribution in [3.8, 4) is 0 Å². The van der Waals surface area contributed by atoms with E-state index in [9.17, 15) is 0 Å². The molecule has 0 fully saturated rings. The Morgan fingerprint density at radius 3 is 3.14 bits per heavy atom. The van der Waals surface area contributed by atoms with Gasteiger partial charge in [0.1, 0.15) is 0 Å². The van der Waals surface area contributed by atoms with Gasteiger partial charge < -0.3 is 5.32 Å². The van der Waals surface area contributed by atoms with Gasteiger partial charge in [-0.3, -0.25) is 0 Å². The summed E-state index contributed by atoms with van der Waals surface area (Å²) >= 11 is 8.16. The second kappa shape index (κ2) is 4.56. The highest BCUT2D eigenvalue weighted by Gasteiger charge is 2.18. The SMILES string of the molecule is CNC1CCSCc2c(Cl)cccc21. The monoisotopic (exact) mass is 227 g/mol. The molecule has 0 aliphatic carbocycles. The Kier molecular flexibility index (Phi) is 3.37. The Hall–Kier alpha value is -0.180. The predicted molar refractivity (Wildman–Crippen MR) is 64.0 cm³/mol. The number of benzene rings is 1. The lowest BCUT2D eigenvalue weighted by atomic mass is 9.99. The van der Waals surface area contributed by atoms with E-state index in [4.69, 9.17) is 11.6 Å². The third-order valence-electron chi connectivity index (χ3n) is 2.68. The van der Waals surface area contributed by atoms with Crippen LogP contribution in [0, 0.1) is 0 Å². The van der Waals surface area contributed by atoms with Crippen molar-refractivity contribution in [2.75, 3.05) is 12.8 Å². The Bertz CT molecular complexity index is 327. The summed E-state index contributed by atoms with van der Waals surface area (Å²) in [6.07, 6.45) is 1.19. The molecule has 1 aromatic carbocycles. The predicted octanol–water partition coefficient (Wildman–Crippen LogP) is 3.24. The van der Waals surface area contributed by atoms with Crippen molar-refractivity contribution < 1.29 is 0 Å². The van der Waals surface area contributed by atoms with Crippen LogP contribution in [0.5, 0.6) is 0 Å². The van der Waals surface area contributed by atoms with E-state index in [-0.39, 0.29) is 0 Å². The van der Waals surface area contributed by atoms with E-state index < -0.39 is 0 Å². The normalized spacial score (nSPS) is 21.4. The molecular weight excluding hydrogens is 214 g/mol. The summed E-state index contributed by atoms with van der Waals surface area (Å²) in [5.41, 5.74) is 2.70. The van der Waals surface area contributed by atoms with Crippen LogP contribution < -0.4 is 5.32 Å². The average molecular weight is 228 g/mol. The van der Waals surface area contributed by atoms with Crippen molar-refractivity contribution in [1.82, 2.24) is 5.32 Å². The third kappa shape index (κ3) is 1.92. The van der Waals surface area contributed by atoms with Crippen LogP contribution in [-0.2, 0) is 5.75 Å². The minimum Gasteiger partial charge on any atom is -0.313 e. The van der Waals surface area contributed by atoms with Gasteiger partial charge >= 0.3 is 0 Å². The fourth-order valence-corrected chi connectivity index (χ4v) is 3.29. The first-order chi connectivity index (χ1) is 6.83. The van der Waals surface area contributed by atoms with Crippen molar-refractivity contribution in [2.24, 2.45) is 0 Å². The molecule has 3 heteroatoms. The largest absolute Gasteiger partial charge is 0.313 e. The fraction of sp³-hybridized carbons (Fsp3) is 0.455. The third-order valence-corrected chi connectivity index (χ3v) is 4.05. The number of fused-ring (bicyclic) bond motifs is 1. The van der Waals surface area contributed by atoms with E-state index in [1.54, 1.807) is 0 Å². The Morgan fingerprint density at radius 1 is 1.50 bits per heavy atom. The molecule has 0 spiro atoms. The molecule has 0 radical (unpaired) electrons. The van der Waals surface area contributed by atoms with Crippen molar-refractivity contribution >= 4 is 23.4 Å². The molecule has 1 N–H and O–H groups in total. The van der Waals surface area contributed by atoms with E-state index in [1.165, 1.54) is 23.3 Å². The van der Waals surface area contributed by atoms with E-state index in [1.807, 2.05) is 30.9 Å². The van der Waals surface area contributed by atoms with Gasteiger partial charge in [0, 0.05) is 16.8 Å². The molecular formula is C11H14ClNS. The lowest BCUT2D eigenvalue weighted by Gasteiger charge is -2.16. The van der Waals surface area contributed by atoms with Gasteiger partial charge in [-0.05, 0) is 36.4 Å². The smallest absolute Gasteiger partial charge is 0.0449 e. The highest BCUT2D eigenvalue weighted by Crippen LogP contribution is 2.34. The minimum absolute atomic E-state index is 0.471. The number of nitrogens with one attached hydrogen (secondary N) is 1. The Morgan fingerprint density at radius 2 is 2.36 bits per heavy atom. The molecule has 76 valence electrons. The van der Waals surface area contributed by atoms with Crippen LogP contribution in [0.15, 0.2) is 18.2 Å². The Balaban J connectivity index is 2.44. The molecule has 0 saturated carbocycles. The number of hydrogen-bond donors (Lipinski definition) is 1. The molecule has 1 aromatic rings. The van der Waals surface area contributed by atoms with E-state index >= 15 is 0 Å². The molecule has 1 aliphatic rings. The molecule has 1 unspecified atom stereocenters. The van der Waals surface area contributed by atoms with E-state index in [2.05, 4.69) is 11.4 Å². The zero-order valence-electron chi connectivity index (χ0n) is 8.22. The highest BCUT2D eigenvalue weighted by molar-refractivity contribution is 7.98. The molecule has 0 aromatic heterocycles. The lowest BCUT2D eigenvalue weighted by Crippen LogP contribution is -2.17.